The van der Waals surface area contributed by atoms with E-state index in [2.05, 4.69) is 15.6 Å². The lowest BCUT2D eigenvalue weighted by Gasteiger charge is -2.06. The first kappa shape index (κ1) is 14.0. The summed E-state index contributed by atoms with van der Waals surface area (Å²) in [6, 6.07) is 7.63. The van der Waals surface area contributed by atoms with Crippen LogP contribution in [0, 0.1) is 0 Å². The van der Waals surface area contributed by atoms with Crippen molar-refractivity contribution in [3.63, 3.8) is 0 Å². The highest BCUT2D eigenvalue weighted by atomic mass is 16.1. The van der Waals surface area contributed by atoms with Gasteiger partial charge in [0, 0.05) is 31.4 Å². The molecule has 0 saturated heterocycles. The number of carbonyl (C=O) groups excluding carboxylic acids is 1. The summed E-state index contributed by atoms with van der Waals surface area (Å²) >= 11 is 0. The monoisotopic (exact) mass is 273 g/mol. The molecule has 0 aliphatic rings. The van der Waals surface area contributed by atoms with E-state index >= 15 is 0 Å². The van der Waals surface area contributed by atoms with Crippen molar-refractivity contribution in [1.82, 2.24) is 20.3 Å². The molecule has 2 rings (SSSR count). The SMILES string of the molecule is Nc1cccc(CCC(=O)NCCCn2ccnn2)c1. The van der Waals surface area contributed by atoms with Crippen molar-refractivity contribution in [2.45, 2.75) is 25.8 Å². The zero-order chi connectivity index (χ0) is 14.2. The van der Waals surface area contributed by atoms with Gasteiger partial charge in [0.15, 0.2) is 0 Å². The van der Waals surface area contributed by atoms with E-state index in [1.165, 1.54) is 0 Å². The van der Waals surface area contributed by atoms with Gasteiger partial charge >= 0.3 is 0 Å². The predicted molar refractivity (Wildman–Crippen MR) is 76.8 cm³/mol. The van der Waals surface area contributed by atoms with Crippen LogP contribution in [0.4, 0.5) is 5.69 Å². The Morgan fingerprint density at radius 1 is 1.40 bits per heavy atom. The molecule has 0 radical (unpaired) electrons. The molecule has 0 unspecified atom stereocenters. The van der Waals surface area contributed by atoms with Crippen molar-refractivity contribution in [1.29, 1.82) is 0 Å². The molecular weight excluding hydrogens is 254 g/mol. The Kier molecular flexibility index (Phi) is 5.11. The summed E-state index contributed by atoms with van der Waals surface area (Å²) in [7, 11) is 0. The number of rotatable bonds is 7. The van der Waals surface area contributed by atoms with Gasteiger partial charge in [-0.3, -0.25) is 9.48 Å². The molecule has 1 heterocycles. The zero-order valence-electron chi connectivity index (χ0n) is 11.3. The molecule has 2 aromatic rings. The van der Waals surface area contributed by atoms with E-state index in [-0.39, 0.29) is 5.91 Å². The minimum absolute atomic E-state index is 0.0611. The fourth-order valence-electron chi connectivity index (χ4n) is 1.92. The van der Waals surface area contributed by atoms with Crippen LogP contribution < -0.4 is 11.1 Å². The van der Waals surface area contributed by atoms with Gasteiger partial charge in [-0.15, -0.1) is 5.10 Å². The van der Waals surface area contributed by atoms with Gasteiger partial charge in [-0.2, -0.15) is 0 Å². The van der Waals surface area contributed by atoms with Gasteiger partial charge in [0.1, 0.15) is 0 Å². The van der Waals surface area contributed by atoms with Crippen molar-refractivity contribution in [3.8, 4) is 0 Å². The van der Waals surface area contributed by atoms with Crippen LogP contribution in [0.2, 0.25) is 0 Å². The van der Waals surface area contributed by atoms with Crippen molar-refractivity contribution in [2.24, 2.45) is 0 Å². The molecule has 6 heteroatoms. The van der Waals surface area contributed by atoms with Crippen molar-refractivity contribution in [3.05, 3.63) is 42.2 Å². The van der Waals surface area contributed by atoms with Crippen molar-refractivity contribution < 1.29 is 4.79 Å². The van der Waals surface area contributed by atoms with Gasteiger partial charge in [-0.1, -0.05) is 17.3 Å². The fraction of sp³-hybridized carbons (Fsp3) is 0.357. The Labute approximate surface area is 118 Å². The molecule has 1 aromatic heterocycles. The van der Waals surface area contributed by atoms with Gasteiger partial charge in [0.25, 0.3) is 0 Å². The average Bonchev–Trinajstić information content (AvgIpc) is 2.95. The summed E-state index contributed by atoms with van der Waals surface area (Å²) in [4.78, 5) is 11.7. The topological polar surface area (TPSA) is 85.8 Å². The number of benzene rings is 1. The maximum Gasteiger partial charge on any atom is 0.220 e. The number of carbonyl (C=O) groups is 1. The molecule has 0 aliphatic carbocycles. The predicted octanol–water partition coefficient (Wildman–Crippen LogP) is 0.999. The van der Waals surface area contributed by atoms with E-state index in [1.54, 1.807) is 10.9 Å². The molecule has 6 nitrogen and oxygen atoms in total. The van der Waals surface area contributed by atoms with Crippen LogP contribution in [0.25, 0.3) is 0 Å². The molecular formula is C14H19N5O. The highest BCUT2D eigenvalue weighted by Gasteiger charge is 2.02. The van der Waals surface area contributed by atoms with Gasteiger partial charge in [-0.05, 0) is 30.5 Å². The minimum Gasteiger partial charge on any atom is -0.399 e. The van der Waals surface area contributed by atoms with E-state index in [1.807, 2.05) is 30.5 Å². The molecule has 1 aromatic carbocycles. The highest BCUT2D eigenvalue weighted by molar-refractivity contribution is 5.76. The molecule has 1 amide bonds. The number of nitrogens with one attached hydrogen (secondary N) is 1. The van der Waals surface area contributed by atoms with E-state index in [4.69, 9.17) is 5.73 Å². The first-order valence-corrected chi connectivity index (χ1v) is 6.69. The molecule has 106 valence electrons. The molecule has 20 heavy (non-hydrogen) atoms. The van der Waals surface area contributed by atoms with Crippen molar-refractivity contribution in [2.75, 3.05) is 12.3 Å². The Morgan fingerprint density at radius 2 is 2.30 bits per heavy atom. The second kappa shape index (κ2) is 7.28. The quantitative estimate of drug-likeness (QED) is 0.582. The number of nitrogen functional groups attached to an aromatic ring is 1. The number of hydrogen-bond donors (Lipinski definition) is 2. The molecule has 0 spiro atoms. The normalized spacial score (nSPS) is 10.4. The Balaban J connectivity index is 1.61. The number of nitrogens with two attached hydrogens (primary N) is 1. The van der Waals surface area contributed by atoms with E-state index in [0.29, 0.717) is 19.4 Å². The van der Waals surface area contributed by atoms with E-state index in [0.717, 1.165) is 24.2 Å². The fourth-order valence-corrected chi connectivity index (χ4v) is 1.92. The standard InChI is InChI=1S/C14H19N5O/c15-13-4-1-3-12(11-13)5-6-14(20)16-7-2-9-19-10-8-17-18-19/h1,3-4,8,10-11H,2,5-7,9,15H2,(H,16,20). The van der Waals surface area contributed by atoms with Crippen LogP contribution >= 0.6 is 0 Å². The minimum atomic E-state index is 0.0611. The third kappa shape index (κ3) is 4.72. The van der Waals surface area contributed by atoms with Crippen LogP contribution in [0.5, 0.6) is 0 Å². The molecule has 3 N–H and O–H groups in total. The second-order valence-electron chi connectivity index (χ2n) is 4.61. The molecule has 0 bridgehead atoms. The van der Waals surface area contributed by atoms with Gasteiger partial charge in [0.05, 0.1) is 6.20 Å². The largest absolute Gasteiger partial charge is 0.399 e. The number of aryl methyl sites for hydroxylation is 2. The number of aromatic nitrogens is 3. The van der Waals surface area contributed by atoms with Crippen LogP contribution in [0.3, 0.4) is 0 Å². The van der Waals surface area contributed by atoms with Crippen LogP contribution in [0.15, 0.2) is 36.7 Å². The summed E-state index contributed by atoms with van der Waals surface area (Å²) in [6.07, 6.45) is 5.48. The Bertz CT molecular complexity index is 538. The van der Waals surface area contributed by atoms with E-state index in [9.17, 15) is 4.79 Å². The summed E-state index contributed by atoms with van der Waals surface area (Å²) in [5, 5.41) is 10.5. The number of anilines is 1. The van der Waals surface area contributed by atoms with Crippen LogP contribution in [-0.2, 0) is 17.8 Å². The third-order valence-corrected chi connectivity index (χ3v) is 2.95. The molecule has 0 saturated carbocycles. The maximum atomic E-state index is 11.7. The van der Waals surface area contributed by atoms with Gasteiger partial charge in [-0.25, -0.2) is 0 Å². The number of nitrogens with zero attached hydrogens (tertiary/aromatic N) is 3. The number of hydrogen-bond acceptors (Lipinski definition) is 4. The molecule has 0 atom stereocenters. The zero-order valence-corrected chi connectivity index (χ0v) is 11.3. The Hall–Kier alpha value is -2.37. The summed E-state index contributed by atoms with van der Waals surface area (Å²) < 4.78 is 1.75. The maximum absolute atomic E-state index is 11.7. The lowest BCUT2D eigenvalue weighted by Crippen LogP contribution is -2.25. The van der Waals surface area contributed by atoms with Crippen LogP contribution in [0.1, 0.15) is 18.4 Å². The van der Waals surface area contributed by atoms with E-state index < -0.39 is 0 Å². The second-order valence-corrected chi connectivity index (χ2v) is 4.61. The first-order chi connectivity index (χ1) is 9.74. The van der Waals surface area contributed by atoms with Gasteiger partial charge in [0.2, 0.25) is 5.91 Å². The first-order valence-electron chi connectivity index (χ1n) is 6.69. The Morgan fingerprint density at radius 3 is 3.05 bits per heavy atom. The number of amides is 1. The van der Waals surface area contributed by atoms with Crippen LogP contribution in [-0.4, -0.2) is 27.4 Å². The summed E-state index contributed by atoms with van der Waals surface area (Å²) in [5.41, 5.74) is 7.51. The third-order valence-electron chi connectivity index (χ3n) is 2.95. The van der Waals surface area contributed by atoms with Gasteiger partial charge < -0.3 is 11.1 Å². The molecule has 0 aliphatic heterocycles. The highest BCUT2D eigenvalue weighted by Crippen LogP contribution is 2.08. The summed E-state index contributed by atoms with van der Waals surface area (Å²) in [6.45, 7) is 1.41. The molecule has 0 fully saturated rings. The average molecular weight is 273 g/mol. The smallest absolute Gasteiger partial charge is 0.220 e. The van der Waals surface area contributed by atoms with Crippen molar-refractivity contribution >= 4 is 11.6 Å². The lowest BCUT2D eigenvalue weighted by atomic mass is 10.1. The summed E-state index contributed by atoms with van der Waals surface area (Å²) in [5.74, 6) is 0.0611. The lowest BCUT2D eigenvalue weighted by molar-refractivity contribution is -0.121.